The summed E-state index contributed by atoms with van der Waals surface area (Å²) in [5, 5.41) is 44.1. The third-order valence-electron chi connectivity index (χ3n) is 9.27. The van der Waals surface area contributed by atoms with Crippen LogP contribution < -0.4 is 0 Å². The van der Waals surface area contributed by atoms with Gasteiger partial charge in [-0.25, -0.2) is 0 Å². The lowest BCUT2D eigenvalue weighted by Crippen LogP contribution is -2.68. The molecule has 0 aromatic heterocycles. The first kappa shape index (κ1) is 12.2. The van der Waals surface area contributed by atoms with E-state index in [1.165, 1.54) is 0 Å². The Hall–Kier alpha value is -0.240. The Balaban J connectivity index is 1.67. The van der Waals surface area contributed by atoms with Crippen LogP contribution in [0.5, 0.6) is 0 Å². The van der Waals surface area contributed by atoms with Gasteiger partial charge < -0.3 is 29.9 Å². The molecular formula is C16H20O6. The van der Waals surface area contributed by atoms with Crippen molar-refractivity contribution in [2.45, 2.75) is 49.8 Å². The van der Waals surface area contributed by atoms with Gasteiger partial charge in [-0.2, -0.15) is 0 Å². The fourth-order valence-corrected chi connectivity index (χ4v) is 9.97. The fraction of sp³-hybridized carbons (Fsp3) is 1.00. The molecule has 2 spiro atoms. The Kier molecular flexibility index (Phi) is 1.44. The largest absolute Gasteiger partial charge is 0.390 e. The van der Waals surface area contributed by atoms with Gasteiger partial charge in [0.2, 0.25) is 0 Å². The van der Waals surface area contributed by atoms with Crippen molar-refractivity contribution in [1.29, 1.82) is 0 Å². The maximum Gasteiger partial charge on any atom is 0.170 e. The molecule has 8 bridgehead atoms. The number of hydrogen-bond acceptors (Lipinski definition) is 6. The van der Waals surface area contributed by atoms with Crippen molar-refractivity contribution in [1.82, 2.24) is 0 Å². The molecule has 2 aliphatic heterocycles. The SMILES string of the molecule is C[C@@]1(O)O[C@@H]2[C@H](O)[C@H]3[C@@H]4[C@H]5[C@@H]6[C@@H](O)[C@@H]7O[C@@](C)(O)[C@@]3([C@@H]75)[C@]61[C@H]24. The minimum Gasteiger partial charge on any atom is -0.390 e. The smallest absolute Gasteiger partial charge is 0.170 e. The molecule has 8 aliphatic rings. The molecular weight excluding hydrogens is 288 g/mol. The predicted molar refractivity (Wildman–Crippen MR) is 68.8 cm³/mol. The van der Waals surface area contributed by atoms with Crippen LogP contribution in [0.25, 0.3) is 0 Å². The highest BCUT2D eigenvalue weighted by Crippen LogP contribution is 2.99. The van der Waals surface area contributed by atoms with Gasteiger partial charge in [0.15, 0.2) is 11.6 Å². The van der Waals surface area contributed by atoms with E-state index < -0.39 is 34.6 Å². The minimum atomic E-state index is -1.44. The summed E-state index contributed by atoms with van der Waals surface area (Å²) in [6, 6.07) is 0. The van der Waals surface area contributed by atoms with Crippen LogP contribution in [-0.4, -0.2) is 56.4 Å². The summed E-state index contributed by atoms with van der Waals surface area (Å²) in [6.07, 6.45) is -2.06. The van der Waals surface area contributed by atoms with Crippen LogP contribution in [0.4, 0.5) is 0 Å². The van der Waals surface area contributed by atoms with E-state index in [0.717, 1.165) is 0 Å². The van der Waals surface area contributed by atoms with E-state index in [1.54, 1.807) is 13.8 Å². The molecule has 6 aliphatic carbocycles. The van der Waals surface area contributed by atoms with Crippen LogP contribution in [0.15, 0.2) is 0 Å². The van der Waals surface area contributed by atoms with Gasteiger partial charge in [0.1, 0.15) is 0 Å². The van der Waals surface area contributed by atoms with Crippen LogP contribution in [-0.2, 0) is 9.47 Å². The first-order valence-electron chi connectivity index (χ1n) is 8.41. The highest BCUT2D eigenvalue weighted by molar-refractivity contribution is 5.49. The van der Waals surface area contributed by atoms with E-state index in [0.29, 0.717) is 0 Å². The van der Waals surface area contributed by atoms with Gasteiger partial charge in [-0.1, -0.05) is 0 Å². The van der Waals surface area contributed by atoms with Gasteiger partial charge in [0.05, 0.1) is 24.4 Å². The average Bonchev–Trinajstić information content (AvgIpc) is 3.17. The molecule has 2 saturated heterocycles. The van der Waals surface area contributed by atoms with Crippen LogP contribution in [0, 0.1) is 46.3 Å². The molecule has 22 heavy (non-hydrogen) atoms. The number of hydrogen-bond donors (Lipinski definition) is 4. The number of rotatable bonds is 0. The molecule has 0 radical (unpaired) electrons. The third kappa shape index (κ3) is 0.634. The first-order chi connectivity index (χ1) is 10.2. The van der Waals surface area contributed by atoms with Crippen molar-refractivity contribution in [2.75, 3.05) is 0 Å². The van der Waals surface area contributed by atoms with Crippen molar-refractivity contribution >= 4 is 0 Å². The molecule has 6 saturated carbocycles. The Morgan fingerprint density at radius 2 is 1.05 bits per heavy atom. The quantitative estimate of drug-likeness (QED) is 0.442. The molecule has 0 unspecified atom stereocenters. The summed E-state index contributed by atoms with van der Waals surface area (Å²) in [7, 11) is 0. The maximum atomic E-state index is 11.2. The van der Waals surface area contributed by atoms with Crippen molar-refractivity contribution in [3.63, 3.8) is 0 Å². The average molecular weight is 308 g/mol. The molecule has 14 atom stereocenters. The zero-order chi connectivity index (χ0) is 15.2. The van der Waals surface area contributed by atoms with E-state index in [-0.39, 0.29) is 47.7 Å². The van der Waals surface area contributed by atoms with Crippen molar-refractivity contribution in [3.05, 3.63) is 0 Å². The zero-order valence-corrected chi connectivity index (χ0v) is 12.4. The summed E-state index contributed by atoms with van der Waals surface area (Å²) in [4.78, 5) is 0. The lowest BCUT2D eigenvalue weighted by atomic mass is 9.45. The zero-order valence-electron chi connectivity index (χ0n) is 12.4. The van der Waals surface area contributed by atoms with E-state index >= 15 is 0 Å². The minimum absolute atomic E-state index is 0.0255. The monoisotopic (exact) mass is 308 g/mol. The van der Waals surface area contributed by atoms with Gasteiger partial charge in [-0.15, -0.1) is 0 Å². The van der Waals surface area contributed by atoms with Gasteiger partial charge in [0.25, 0.3) is 0 Å². The molecule has 120 valence electrons. The van der Waals surface area contributed by atoms with E-state index in [9.17, 15) is 20.4 Å². The summed E-state index contributed by atoms with van der Waals surface area (Å²) in [5.74, 6) is -2.53. The molecule has 6 nitrogen and oxygen atoms in total. The summed E-state index contributed by atoms with van der Waals surface area (Å²) >= 11 is 0. The third-order valence-corrected chi connectivity index (χ3v) is 9.27. The molecule has 8 rings (SSSR count). The molecule has 8 fully saturated rings. The van der Waals surface area contributed by atoms with Crippen LogP contribution in [0.1, 0.15) is 13.8 Å². The van der Waals surface area contributed by atoms with Gasteiger partial charge in [0, 0.05) is 34.5 Å². The second-order valence-corrected chi connectivity index (χ2v) is 9.11. The molecule has 0 amide bonds. The highest BCUT2D eigenvalue weighted by Gasteiger charge is 3.06. The Morgan fingerprint density at radius 1 is 0.682 bits per heavy atom. The van der Waals surface area contributed by atoms with Gasteiger partial charge in [-0.05, 0) is 25.7 Å². The van der Waals surface area contributed by atoms with Crippen molar-refractivity contribution in [3.8, 4) is 0 Å². The molecule has 4 N–H and O–H groups in total. The number of ether oxygens (including phenoxy) is 2. The Morgan fingerprint density at radius 3 is 1.41 bits per heavy atom. The Labute approximate surface area is 127 Å². The topological polar surface area (TPSA) is 99.4 Å². The summed E-state index contributed by atoms with van der Waals surface area (Å²) < 4.78 is 11.9. The normalized spacial score (nSPS) is 87.0. The summed E-state index contributed by atoms with van der Waals surface area (Å²) in [5.41, 5.74) is -1.38. The van der Waals surface area contributed by atoms with Crippen LogP contribution in [0.3, 0.4) is 0 Å². The van der Waals surface area contributed by atoms with Crippen LogP contribution in [0.2, 0.25) is 0 Å². The van der Waals surface area contributed by atoms with Gasteiger partial charge >= 0.3 is 0 Å². The Bertz CT molecular complexity index is 605. The standard InChI is InChI=1S/C16H20O6/c1-13(19)15-5-3-4-6(10(18)11(21-13)7(4)15)16(15)8(3)12(9(5)17)22-14(16,2)20/h3-12,17-20H,1-2H3/t3-,4-,5+,6+,7-,8+,9+,10+,11-,12+,13+,14+,15-,16+/m0/s1. The van der Waals surface area contributed by atoms with Crippen LogP contribution >= 0.6 is 0 Å². The molecule has 6 heteroatoms. The number of aliphatic hydroxyl groups is 4. The van der Waals surface area contributed by atoms with E-state index in [2.05, 4.69) is 0 Å². The predicted octanol–water partition coefficient (Wildman–Crippen LogP) is -1.34. The lowest BCUT2D eigenvalue weighted by molar-refractivity contribution is -0.308. The first-order valence-corrected chi connectivity index (χ1v) is 8.41. The highest BCUT2D eigenvalue weighted by atomic mass is 16.7. The van der Waals surface area contributed by atoms with Crippen molar-refractivity contribution in [2.24, 2.45) is 46.3 Å². The second-order valence-electron chi connectivity index (χ2n) is 9.11. The van der Waals surface area contributed by atoms with Crippen molar-refractivity contribution < 1.29 is 29.9 Å². The lowest BCUT2D eigenvalue weighted by Gasteiger charge is -2.57. The fourth-order valence-electron chi connectivity index (χ4n) is 9.97. The van der Waals surface area contributed by atoms with E-state index in [1.807, 2.05) is 0 Å². The maximum absolute atomic E-state index is 11.2. The summed E-state index contributed by atoms with van der Waals surface area (Å²) in [6.45, 7) is 3.33. The second kappa shape index (κ2) is 2.61. The number of aliphatic hydroxyl groups excluding tert-OH is 2. The molecule has 0 aromatic rings. The molecule has 2 heterocycles. The van der Waals surface area contributed by atoms with E-state index in [4.69, 9.17) is 9.47 Å². The molecule has 0 aromatic carbocycles. The van der Waals surface area contributed by atoms with Gasteiger partial charge in [-0.3, -0.25) is 0 Å².